The molecule has 0 radical (unpaired) electrons. The molecule has 0 N–H and O–H groups in total. The fraction of sp³-hybridized carbons (Fsp3) is 0.333. The summed E-state index contributed by atoms with van der Waals surface area (Å²) in [6.45, 7) is 7.17. The van der Waals surface area contributed by atoms with Gasteiger partial charge in [-0.15, -0.1) is 0 Å². The second kappa shape index (κ2) is 6.05. The van der Waals surface area contributed by atoms with Gasteiger partial charge in [-0.25, -0.2) is 0 Å². The molecule has 4 nitrogen and oxygen atoms in total. The maximum atomic E-state index is 6.09. The summed E-state index contributed by atoms with van der Waals surface area (Å²) in [6.07, 6.45) is 5.58. The van der Waals surface area contributed by atoms with Gasteiger partial charge in [0.1, 0.15) is 5.75 Å². The predicted octanol–water partition coefficient (Wildman–Crippen LogP) is 3.25. The molecule has 2 aromatic rings. The van der Waals surface area contributed by atoms with Gasteiger partial charge in [0, 0.05) is 30.6 Å². The average molecular weight is 287 g/mol. The highest BCUT2D eigenvalue weighted by molar-refractivity contribution is 6.70. The Balaban J connectivity index is 2.07. The molecule has 0 saturated carbocycles. The molecule has 106 valence electrons. The first-order valence-corrected chi connectivity index (χ1v) is 10.1. The predicted molar refractivity (Wildman–Crippen MR) is 84.9 cm³/mol. The van der Waals surface area contributed by atoms with E-state index in [-0.39, 0.29) is 0 Å². The minimum Gasteiger partial charge on any atom is -0.544 e. The van der Waals surface area contributed by atoms with Gasteiger partial charge in [0.05, 0.1) is 12.7 Å². The summed E-state index contributed by atoms with van der Waals surface area (Å²) in [4.78, 5) is 4.47. The lowest BCUT2D eigenvalue weighted by molar-refractivity contribution is 0.549. The van der Waals surface area contributed by atoms with Gasteiger partial charge in [0.15, 0.2) is 0 Å². The van der Waals surface area contributed by atoms with Crippen molar-refractivity contribution in [2.75, 3.05) is 0 Å². The van der Waals surface area contributed by atoms with Crippen LogP contribution in [-0.2, 0) is 13.6 Å². The van der Waals surface area contributed by atoms with Crippen molar-refractivity contribution in [2.24, 2.45) is 12.0 Å². The van der Waals surface area contributed by atoms with Gasteiger partial charge in [0.2, 0.25) is 8.32 Å². The van der Waals surface area contributed by atoms with E-state index in [0.717, 1.165) is 16.9 Å². The van der Waals surface area contributed by atoms with Crippen molar-refractivity contribution in [2.45, 2.75) is 26.2 Å². The SMILES string of the molecule is Cn1cc(/C=N\Cc2ccccc2O[Si](C)(C)C)cn1. The summed E-state index contributed by atoms with van der Waals surface area (Å²) < 4.78 is 7.86. The zero-order valence-electron chi connectivity index (χ0n) is 12.5. The molecule has 0 fully saturated rings. The van der Waals surface area contributed by atoms with Crippen molar-refractivity contribution in [3.63, 3.8) is 0 Å². The molecule has 0 bridgehead atoms. The van der Waals surface area contributed by atoms with Gasteiger partial charge in [0.25, 0.3) is 0 Å². The average Bonchev–Trinajstić information content (AvgIpc) is 2.75. The van der Waals surface area contributed by atoms with Crippen molar-refractivity contribution in [1.82, 2.24) is 9.78 Å². The van der Waals surface area contributed by atoms with E-state index in [0.29, 0.717) is 6.54 Å². The van der Waals surface area contributed by atoms with E-state index in [2.05, 4.69) is 35.8 Å². The van der Waals surface area contributed by atoms with Crippen LogP contribution in [0.25, 0.3) is 0 Å². The van der Waals surface area contributed by atoms with Crippen molar-refractivity contribution < 1.29 is 4.43 Å². The van der Waals surface area contributed by atoms with E-state index in [4.69, 9.17) is 4.43 Å². The molecule has 0 aliphatic carbocycles. The fourth-order valence-corrected chi connectivity index (χ4v) is 2.68. The fourth-order valence-electron chi connectivity index (χ4n) is 1.82. The van der Waals surface area contributed by atoms with Crippen LogP contribution in [0.15, 0.2) is 41.7 Å². The number of hydrogen-bond acceptors (Lipinski definition) is 3. The Morgan fingerprint density at radius 2 is 2.05 bits per heavy atom. The molecular formula is C15H21N3OSi. The number of rotatable bonds is 5. The number of aryl methyl sites for hydroxylation is 1. The second-order valence-corrected chi connectivity index (χ2v) is 10.2. The van der Waals surface area contributed by atoms with E-state index < -0.39 is 8.32 Å². The Bertz CT molecular complexity index is 599. The second-order valence-electron chi connectivity index (χ2n) is 5.74. The summed E-state index contributed by atoms with van der Waals surface area (Å²) in [5.74, 6) is 0.954. The Hall–Kier alpha value is -1.88. The van der Waals surface area contributed by atoms with E-state index in [1.807, 2.05) is 37.7 Å². The number of para-hydroxylation sites is 1. The van der Waals surface area contributed by atoms with Crippen LogP contribution in [0.3, 0.4) is 0 Å². The molecule has 5 heteroatoms. The van der Waals surface area contributed by atoms with E-state index >= 15 is 0 Å². The highest BCUT2D eigenvalue weighted by Gasteiger charge is 2.17. The number of aromatic nitrogens is 2. The summed E-state index contributed by atoms with van der Waals surface area (Å²) >= 11 is 0. The molecule has 0 aliphatic rings. The van der Waals surface area contributed by atoms with Crippen LogP contribution < -0.4 is 4.43 Å². The normalized spacial score (nSPS) is 12.0. The number of benzene rings is 1. The first-order valence-electron chi connectivity index (χ1n) is 6.69. The maximum absolute atomic E-state index is 6.09. The van der Waals surface area contributed by atoms with Crippen molar-refractivity contribution >= 4 is 14.5 Å². The third-order valence-electron chi connectivity index (χ3n) is 2.62. The number of nitrogens with zero attached hydrogens (tertiary/aromatic N) is 3. The summed E-state index contributed by atoms with van der Waals surface area (Å²) in [6, 6.07) is 8.11. The number of hydrogen-bond donors (Lipinski definition) is 0. The third kappa shape index (κ3) is 4.34. The van der Waals surface area contributed by atoms with Crippen LogP contribution in [-0.4, -0.2) is 24.3 Å². The van der Waals surface area contributed by atoms with Crippen LogP contribution in [0, 0.1) is 0 Å². The molecule has 0 saturated heterocycles. The topological polar surface area (TPSA) is 39.4 Å². The third-order valence-corrected chi connectivity index (χ3v) is 3.45. The van der Waals surface area contributed by atoms with Gasteiger partial charge < -0.3 is 4.43 Å². The van der Waals surface area contributed by atoms with Crippen LogP contribution in [0.2, 0.25) is 19.6 Å². The van der Waals surface area contributed by atoms with Crippen LogP contribution in [0.4, 0.5) is 0 Å². The summed E-state index contributed by atoms with van der Waals surface area (Å²) in [7, 11) is 0.303. The Morgan fingerprint density at radius 1 is 1.30 bits per heavy atom. The Kier molecular flexibility index (Phi) is 4.39. The lowest BCUT2D eigenvalue weighted by Gasteiger charge is -2.21. The van der Waals surface area contributed by atoms with Gasteiger partial charge in [-0.05, 0) is 25.7 Å². The first-order chi connectivity index (χ1) is 9.44. The van der Waals surface area contributed by atoms with Crippen molar-refractivity contribution in [3.05, 3.63) is 47.8 Å². The maximum Gasteiger partial charge on any atom is 0.242 e. The molecule has 2 rings (SSSR count). The molecule has 20 heavy (non-hydrogen) atoms. The monoisotopic (exact) mass is 287 g/mol. The van der Waals surface area contributed by atoms with Gasteiger partial charge in [-0.3, -0.25) is 9.67 Å². The van der Waals surface area contributed by atoms with Gasteiger partial charge in [-0.2, -0.15) is 5.10 Å². The van der Waals surface area contributed by atoms with E-state index in [1.165, 1.54) is 0 Å². The lowest BCUT2D eigenvalue weighted by atomic mass is 10.2. The Morgan fingerprint density at radius 3 is 2.70 bits per heavy atom. The molecular weight excluding hydrogens is 266 g/mol. The molecule has 0 amide bonds. The van der Waals surface area contributed by atoms with Crippen LogP contribution in [0.1, 0.15) is 11.1 Å². The molecule has 0 unspecified atom stereocenters. The largest absolute Gasteiger partial charge is 0.544 e. The zero-order chi connectivity index (χ0) is 14.6. The highest BCUT2D eigenvalue weighted by atomic mass is 28.4. The van der Waals surface area contributed by atoms with E-state index in [1.54, 1.807) is 10.9 Å². The smallest absolute Gasteiger partial charge is 0.242 e. The van der Waals surface area contributed by atoms with Crippen molar-refractivity contribution in [1.29, 1.82) is 0 Å². The zero-order valence-corrected chi connectivity index (χ0v) is 13.5. The van der Waals surface area contributed by atoms with Crippen molar-refractivity contribution in [3.8, 4) is 5.75 Å². The van der Waals surface area contributed by atoms with Gasteiger partial charge in [-0.1, -0.05) is 18.2 Å². The van der Waals surface area contributed by atoms with E-state index in [9.17, 15) is 0 Å². The quantitative estimate of drug-likeness (QED) is 0.625. The standard InChI is InChI=1S/C15H21N3OSi/c1-18-12-13(10-17-18)9-16-11-14-7-5-6-8-15(14)19-20(2,3)4/h5-10,12H,11H2,1-4H3/b16-9-. The first kappa shape index (κ1) is 14.5. The molecule has 1 aromatic carbocycles. The molecule has 1 heterocycles. The molecule has 0 atom stereocenters. The molecule has 0 spiro atoms. The highest BCUT2D eigenvalue weighted by Crippen LogP contribution is 2.22. The minimum absolute atomic E-state index is 0.621. The van der Waals surface area contributed by atoms with Crippen LogP contribution >= 0.6 is 0 Å². The lowest BCUT2D eigenvalue weighted by Crippen LogP contribution is -2.29. The van der Waals surface area contributed by atoms with Crippen LogP contribution in [0.5, 0.6) is 5.75 Å². The van der Waals surface area contributed by atoms with Gasteiger partial charge >= 0.3 is 0 Å². The number of aliphatic imine (C=N–C) groups is 1. The summed E-state index contributed by atoms with van der Waals surface area (Å²) in [5, 5.41) is 4.11. The minimum atomic E-state index is -1.59. The molecule has 0 aliphatic heterocycles. The Labute approximate surface area is 121 Å². The molecule has 1 aromatic heterocycles. The summed E-state index contributed by atoms with van der Waals surface area (Å²) in [5.41, 5.74) is 2.13.